The third-order valence-corrected chi connectivity index (χ3v) is 3.61. The fourth-order valence-electron chi connectivity index (χ4n) is 1.89. The zero-order valence-corrected chi connectivity index (χ0v) is 11.5. The minimum atomic E-state index is -0.748. The Balaban J connectivity index is 2.79. The average Bonchev–Trinajstić information content (AvgIpc) is 2.27. The highest BCUT2D eigenvalue weighted by atomic mass is 35.5. The molecule has 17 heavy (non-hydrogen) atoms. The molecule has 0 aromatic heterocycles. The molecule has 0 amide bonds. The monoisotopic (exact) mass is 276 g/mol. The van der Waals surface area contributed by atoms with Gasteiger partial charge in [0.2, 0.25) is 0 Å². The molecule has 2 N–H and O–H groups in total. The lowest BCUT2D eigenvalue weighted by Gasteiger charge is -2.21. The lowest BCUT2D eigenvalue weighted by atomic mass is 9.92. The Morgan fingerprint density at radius 1 is 1.12 bits per heavy atom. The number of hydrogen-bond donors (Lipinski definition) is 2. The van der Waals surface area contributed by atoms with E-state index < -0.39 is 12.2 Å². The molecule has 4 heteroatoms. The third kappa shape index (κ3) is 3.85. The van der Waals surface area contributed by atoms with Crippen molar-refractivity contribution in [1.82, 2.24) is 0 Å². The van der Waals surface area contributed by atoms with Crippen molar-refractivity contribution in [3.63, 3.8) is 0 Å². The summed E-state index contributed by atoms with van der Waals surface area (Å²) in [4.78, 5) is 0. The molecular weight excluding hydrogens is 259 g/mol. The number of halogens is 2. The van der Waals surface area contributed by atoms with Crippen LogP contribution < -0.4 is 0 Å². The number of rotatable bonds is 5. The first-order valence-electron chi connectivity index (χ1n) is 5.77. The zero-order chi connectivity index (χ0) is 13.0. The Morgan fingerprint density at radius 3 is 2.12 bits per heavy atom. The van der Waals surface area contributed by atoms with Crippen LogP contribution in [0.5, 0.6) is 0 Å². The first-order valence-corrected chi connectivity index (χ1v) is 6.53. The highest BCUT2D eigenvalue weighted by Crippen LogP contribution is 2.34. The van der Waals surface area contributed by atoms with E-state index in [1.54, 1.807) is 18.2 Å². The predicted molar refractivity (Wildman–Crippen MR) is 71.8 cm³/mol. The Kier molecular flexibility index (Phi) is 5.74. The minimum absolute atomic E-state index is 0.00685. The van der Waals surface area contributed by atoms with Gasteiger partial charge in [-0.3, -0.25) is 0 Å². The second-order valence-electron chi connectivity index (χ2n) is 4.32. The lowest BCUT2D eigenvalue weighted by molar-refractivity contribution is 0.00954. The molecule has 3 atom stereocenters. The second-order valence-corrected chi connectivity index (χ2v) is 5.13. The molecule has 0 radical (unpaired) electrons. The van der Waals surface area contributed by atoms with Crippen molar-refractivity contribution in [2.75, 3.05) is 0 Å². The molecule has 1 aromatic carbocycles. The summed E-state index contributed by atoms with van der Waals surface area (Å²) in [5.74, 6) is 0.00685. The van der Waals surface area contributed by atoms with Crippen molar-refractivity contribution in [2.45, 2.75) is 44.8 Å². The van der Waals surface area contributed by atoms with Crippen LogP contribution in [0, 0.1) is 0 Å². The van der Waals surface area contributed by atoms with E-state index in [4.69, 9.17) is 23.2 Å². The maximum Gasteiger partial charge on any atom is 0.0804 e. The highest BCUT2D eigenvalue weighted by molar-refractivity contribution is 6.36. The van der Waals surface area contributed by atoms with Gasteiger partial charge in [-0.15, -0.1) is 0 Å². The first-order chi connectivity index (χ1) is 7.97. The van der Waals surface area contributed by atoms with Gasteiger partial charge in [-0.1, -0.05) is 43.1 Å². The van der Waals surface area contributed by atoms with Crippen LogP contribution in [0.3, 0.4) is 0 Å². The fraction of sp³-hybridized carbons (Fsp3) is 0.538. The van der Waals surface area contributed by atoms with Crippen LogP contribution in [0.2, 0.25) is 10.0 Å². The fourth-order valence-corrected chi connectivity index (χ4v) is 2.66. The largest absolute Gasteiger partial charge is 0.390 e. The van der Waals surface area contributed by atoms with Crippen LogP contribution in [-0.2, 0) is 0 Å². The van der Waals surface area contributed by atoms with Gasteiger partial charge in [0, 0.05) is 10.0 Å². The average molecular weight is 277 g/mol. The van der Waals surface area contributed by atoms with E-state index in [-0.39, 0.29) is 5.92 Å². The Hall–Kier alpha value is -0.280. The first kappa shape index (κ1) is 14.8. The number of aliphatic hydroxyl groups excluding tert-OH is 2. The molecule has 0 aliphatic carbocycles. The van der Waals surface area contributed by atoms with Crippen LogP contribution in [0.4, 0.5) is 0 Å². The van der Waals surface area contributed by atoms with Gasteiger partial charge in [0.05, 0.1) is 12.2 Å². The quantitative estimate of drug-likeness (QED) is 0.863. The minimum Gasteiger partial charge on any atom is -0.390 e. The van der Waals surface area contributed by atoms with E-state index >= 15 is 0 Å². The third-order valence-electron chi connectivity index (χ3n) is 2.95. The van der Waals surface area contributed by atoms with Crippen LogP contribution in [-0.4, -0.2) is 22.4 Å². The smallest absolute Gasteiger partial charge is 0.0804 e. The molecule has 0 aliphatic rings. The summed E-state index contributed by atoms with van der Waals surface area (Å²) >= 11 is 12.2. The van der Waals surface area contributed by atoms with E-state index in [9.17, 15) is 10.2 Å². The van der Waals surface area contributed by atoms with Crippen molar-refractivity contribution >= 4 is 23.2 Å². The van der Waals surface area contributed by atoms with Crippen LogP contribution >= 0.6 is 23.2 Å². The van der Waals surface area contributed by atoms with Gasteiger partial charge >= 0.3 is 0 Å². The normalized spacial score (nSPS) is 16.6. The van der Waals surface area contributed by atoms with Crippen LogP contribution in [0.15, 0.2) is 18.2 Å². The van der Waals surface area contributed by atoms with Crippen molar-refractivity contribution < 1.29 is 10.2 Å². The van der Waals surface area contributed by atoms with Gasteiger partial charge in [-0.05, 0) is 36.5 Å². The molecule has 0 saturated heterocycles. The summed E-state index contributed by atoms with van der Waals surface area (Å²) in [7, 11) is 0. The van der Waals surface area contributed by atoms with E-state index in [1.165, 1.54) is 0 Å². The number of aliphatic hydroxyl groups is 2. The molecule has 0 bridgehead atoms. The summed E-state index contributed by atoms with van der Waals surface area (Å²) in [6.07, 6.45) is -0.469. The van der Waals surface area contributed by atoms with E-state index in [1.807, 2.05) is 13.8 Å². The molecule has 96 valence electrons. The zero-order valence-electron chi connectivity index (χ0n) is 10.0. The maximum atomic E-state index is 9.80. The van der Waals surface area contributed by atoms with Gasteiger partial charge in [0.15, 0.2) is 0 Å². The second kappa shape index (κ2) is 6.60. The molecular formula is C13H18Cl2O2. The van der Waals surface area contributed by atoms with Gasteiger partial charge in [0.25, 0.3) is 0 Å². The SMILES string of the molecule is CCC(O)C(O)CC(C)c1c(Cl)cccc1Cl. The summed E-state index contributed by atoms with van der Waals surface area (Å²) in [5.41, 5.74) is 0.832. The Labute approximate surface area is 112 Å². The molecule has 0 aliphatic heterocycles. The maximum absolute atomic E-state index is 9.80. The molecule has 3 unspecified atom stereocenters. The van der Waals surface area contributed by atoms with E-state index in [0.29, 0.717) is 22.9 Å². The van der Waals surface area contributed by atoms with Gasteiger partial charge in [-0.2, -0.15) is 0 Å². The highest BCUT2D eigenvalue weighted by Gasteiger charge is 2.21. The molecule has 1 rings (SSSR count). The molecule has 1 aromatic rings. The van der Waals surface area contributed by atoms with Crippen molar-refractivity contribution in [3.8, 4) is 0 Å². The predicted octanol–water partition coefficient (Wildman–Crippen LogP) is 3.62. The van der Waals surface area contributed by atoms with Gasteiger partial charge in [-0.25, -0.2) is 0 Å². The summed E-state index contributed by atoms with van der Waals surface area (Å²) in [6, 6.07) is 5.35. The van der Waals surface area contributed by atoms with Gasteiger partial charge < -0.3 is 10.2 Å². The number of benzene rings is 1. The van der Waals surface area contributed by atoms with Crippen LogP contribution in [0.25, 0.3) is 0 Å². The topological polar surface area (TPSA) is 40.5 Å². The van der Waals surface area contributed by atoms with Crippen molar-refractivity contribution in [2.24, 2.45) is 0 Å². The van der Waals surface area contributed by atoms with Gasteiger partial charge in [0.1, 0.15) is 0 Å². The van der Waals surface area contributed by atoms with E-state index in [2.05, 4.69) is 0 Å². The van der Waals surface area contributed by atoms with Crippen LogP contribution in [0.1, 0.15) is 38.2 Å². The molecule has 0 spiro atoms. The van der Waals surface area contributed by atoms with Crippen molar-refractivity contribution in [1.29, 1.82) is 0 Å². The molecule has 0 fully saturated rings. The molecule has 2 nitrogen and oxygen atoms in total. The van der Waals surface area contributed by atoms with Crippen molar-refractivity contribution in [3.05, 3.63) is 33.8 Å². The Bertz CT molecular complexity index is 348. The lowest BCUT2D eigenvalue weighted by Crippen LogP contribution is -2.26. The summed E-state index contributed by atoms with van der Waals surface area (Å²) in [5, 5.41) is 20.5. The number of hydrogen-bond acceptors (Lipinski definition) is 2. The summed E-state index contributed by atoms with van der Waals surface area (Å²) in [6.45, 7) is 3.78. The summed E-state index contributed by atoms with van der Waals surface area (Å²) < 4.78 is 0. The molecule has 0 saturated carbocycles. The standard InChI is InChI=1S/C13H18Cl2O2/c1-3-11(16)12(17)7-8(2)13-9(14)5-4-6-10(13)15/h4-6,8,11-12,16-17H,3,7H2,1-2H3. The molecule has 0 heterocycles. The Morgan fingerprint density at radius 2 is 1.65 bits per heavy atom. The van der Waals surface area contributed by atoms with E-state index in [0.717, 1.165) is 5.56 Å².